The van der Waals surface area contributed by atoms with Crippen LogP contribution in [0.3, 0.4) is 0 Å². The van der Waals surface area contributed by atoms with Crippen molar-refractivity contribution in [2.75, 3.05) is 5.32 Å². The molecule has 1 aromatic heterocycles. The second-order valence-electron chi connectivity index (χ2n) is 9.82. The number of hydrogen-bond donors (Lipinski definition) is 1. The van der Waals surface area contributed by atoms with Crippen LogP contribution in [-0.2, 0) is 0 Å². The summed E-state index contributed by atoms with van der Waals surface area (Å²) < 4.78 is 9.26. The number of fused-ring (bicyclic) bond motifs is 1. The molecule has 0 radical (unpaired) electrons. The van der Waals surface area contributed by atoms with E-state index in [-0.39, 0.29) is 6.10 Å². The summed E-state index contributed by atoms with van der Waals surface area (Å²) in [5, 5.41) is 3.58. The average molecular weight is 470 g/mol. The van der Waals surface area contributed by atoms with Gasteiger partial charge < -0.3 is 14.6 Å². The summed E-state index contributed by atoms with van der Waals surface area (Å²) in [6.45, 7) is 11.3. The highest BCUT2D eigenvalue weighted by molar-refractivity contribution is 9.10. The van der Waals surface area contributed by atoms with Crippen molar-refractivity contribution in [3.63, 3.8) is 0 Å². The van der Waals surface area contributed by atoms with Gasteiger partial charge in [-0.05, 0) is 86.9 Å². The number of nitrogens with one attached hydrogen (secondary N) is 1. The maximum absolute atomic E-state index is 5.78. The Labute approximate surface area is 188 Å². The lowest BCUT2D eigenvalue weighted by Crippen LogP contribution is -2.29. The molecule has 1 aliphatic carbocycles. The van der Waals surface area contributed by atoms with Gasteiger partial charge in [0.15, 0.2) is 0 Å². The molecule has 3 aromatic rings. The zero-order valence-electron chi connectivity index (χ0n) is 18.6. The van der Waals surface area contributed by atoms with E-state index in [0.29, 0.717) is 17.4 Å². The van der Waals surface area contributed by atoms with E-state index in [2.05, 4.69) is 76.9 Å². The average Bonchev–Trinajstić information content (AvgIpc) is 2.98. The van der Waals surface area contributed by atoms with E-state index in [9.17, 15) is 0 Å². The molecule has 1 saturated carbocycles. The minimum absolute atomic E-state index is 0.170. The van der Waals surface area contributed by atoms with Crippen LogP contribution in [0.5, 0.6) is 5.75 Å². The molecule has 1 N–H and O–H groups in total. The fourth-order valence-electron chi connectivity index (χ4n) is 5.04. The Morgan fingerprint density at radius 3 is 2.53 bits per heavy atom. The van der Waals surface area contributed by atoms with Crippen LogP contribution >= 0.6 is 15.9 Å². The Balaban J connectivity index is 1.71. The van der Waals surface area contributed by atoms with E-state index in [1.54, 1.807) is 0 Å². The van der Waals surface area contributed by atoms with Gasteiger partial charge in [-0.2, -0.15) is 0 Å². The molecule has 2 aromatic carbocycles. The van der Waals surface area contributed by atoms with Crippen LogP contribution in [0.15, 0.2) is 46.9 Å². The van der Waals surface area contributed by atoms with Crippen LogP contribution in [0.25, 0.3) is 11.0 Å². The van der Waals surface area contributed by atoms with Gasteiger partial charge in [0.05, 0.1) is 17.1 Å². The largest absolute Gasteiger partial charge is 0.491 e. The van der Waals surface area contributed by atoms with Crippen LogP contribution in [0.1, 0.15) is 59.9 Å². The number of benzene rings is 2. The molecule has 30 heavy (non-hydrogen) atoms. The third kappa shape index (κ3) is 4.66. The number of imidazole rings is 1. The number of halogens is 1. The highest BCUT2D eigenvalue weighted by Crippen LogP contribution is 2.46. The van der Waals surface area contributed by atoms with Crippen LogP contribution in [0.2, 0.25) is 0 Å². The van der Waals surface area contributed by atoms with Crippen LogP contribution in [-0.4, -0.2) is 15.7 Å². The van der Waals surface area contributed by atoms with Gasteiger partial charge in [0.25, 0.3) is 0 Å². The summed E-state index contributed by atoms with van der Waals surface area (Å²) in [7, 11) is 0. The normalized spacial score (nSPS) is 21.2. The van der Waals surface area contributed by atoms with Crippen molar-refractivity contribution < 1.29 is 4.74 Å². The highest BCUT2D eigenvalue weighted by Gasteiger charge is 2.34. The van der Waals surface area contributed by atoms with Crippen molar-refractivity contribution in [3.05, 3.63) is 46.9 Å². The van der Waals surface area contributed by atoms with E-state index in [0.717, 1.165) is 33.8 Å². The standard InChI is InChI=1S/C25H32BrN3O/c1-16(2)30-21-9-7-19(8-10-21)27-24-28-22-13-18(26)6-11-23(22)29(24)20-12-17(3)14-25(4,5)15-20/h6-11,13,16-17,20H,12,14-15H2,1-5H3,(H,27,28). The van der Waals surface area contributed by atoms with Gasteiger partial charge in [-0.1, -0.05) is 36.7 Å². The highest BCUT2D eigenvalue weighted by atomic mass is 79.9. The van der Waals surface area contributed by atoms with Gasteiger partial charge in [-0.15, -0.1) is 0 Å². The summed E-state index contributed by atoms with van der Waals surface area (Å²) in [6, 6.07) is 15.0. The van der Waals surface area contributed by atoms with Crippen LogP contribution < -0.4 is 10.1 Å². The van der Waals surface area contributed by atoms with E-state index in [1.165, 1.54) is 18.4 Å². The van der Waals surface area contributed by atoms with Gasteiger partial charge in [-0.25, -0.2) is 4.98 Å². The molecule has 0 bridgehead atoms. The van der Waals surface area contributed by atoms with E-state index < -0.39 is 0 Å². The molecule has 0 saturated heterocycles. The minimum atomic E-state index is 0.170. The number of ether oxygens (including phenoxy) is 1. The molecule has 0 aliphatic heterocycles. The van der Waals surface area contributed by atoms with Crippen molar-refractivity contribution in [1.29, 1.82) is 0 Å². The fraction of sp³-hybridized carbons (Fsp3) is 0.480. The summed E-state index contributed by atoms with van der Waals surface area (Å²) in [5.41, 5.74) is 3.56. The van der Waals surface area contributed by atoms with Gasteiger partial charge >= 0.3 is 0 Å². The Hall–Kier alpha value is -2.01. The van der Waals surface area contributed by atoms with Crippen LogP contribution in [0, 0.1) is 11.3 Å². The summed E-state index contributed by atoms with van der Waals surface area (Å²) >= 11 is 3.60. The number of nitrogens with zero attached hydrogens (tertiary/aromatic N) is 2. The third-order valence-electron chi connectivity index (χ3n) is 5.86. The topological polar surface area (TPSA) is 39.1 Å². The van der Waals surface area contributed by atoms with Gasteiger partial charge in [0, 0.05) is 16.2 Å². The Morgan fingerprint density at radius 2 is 1.87 bits per heavy atom. The molecule has 160 valence electrons. The molecule has 5 heteroatoms. The maximum atomic E-state index is 5.78. The zero-order chi connectivity index (χ0) is 21.5. The lowest BCUT2D eigenvalue weighted by Gasteiger charge is -2.40. The number of aromatic nitrogens is 2. The molecule has 4 rings (SSSR count). The SMILES string of the molecule is CC1CC(n2c(Nc3ccc(OC(C)C)cc3)nc3cc(Br)ccc32)CC(C)(C)C1. The van der Waals surface area contributed by atoms with E-state index in [1.807, 2.05) is 26.0 Å². The molecule has 1 aliphatic rings. The number of rotatable bonds is 5. The Morgan fingerprint density at radius 1 is 1.13 bits per heavy atom. The second kappa shape index (κ2) is 8.26. The first-order valence-corrected chi connectivity index (χ1v) is 11.7. The molecule has 0 amide bonds. The van der Waals surface area contributed by atoms with E-state index >= 15 is 0 Å². The lowest BCUT2D eigenvalue weighted by atomic mass is 9.70. The van der Waals surface area contributed by atoms with Crippen LogP contribution in [0.4, 0.5) is 11.6 Å². The second-order valence-corrected chi connectivity index (χ2v) is 10.7. The zero-order valence-corrected chi connectivity index (χ0v) is 20.2. The van der Waals surface area contributed by atoms with Crippen molar-refractivity contribution in [1.82, 2.24) is 9.55 Å². The van der Waals surface area contributed by atoms with Crippen molar-refractivity contribution in [3.8, 4) is 5.75 Å². The first kappa shape index (κ1) is 21.2. The Bertz CT molecular complexity index is 1020. The van der Waals surface area contributed by atoms with Crippen molar-refractivity contribution in [2.24, 2.45) is 11.3 Å². The smallest absolute Gasteiger partial charge is 0.208 e. The fourth-order valence-corrected chi connectivity index (χ4v) is 5.39. The summed E-state index contributed by atoms with van der Waals surface area (Å²) in [6.07, 6.45) is 3.79. The predicted molar refractivity (Wildman–Crippen MR) is 129 cm³/mol. The first-order valence-electron chi connectivity index (χ1n) is 10.9. The molecule has 4 nitrogen and oxygen atoms in total. The number of anilines is 2. The lowest BCUT2D eigenvalue weighted by molar-refractivity contribution is 0.140. The van der Waals surface area contributed by atoms with E-state index in [4.69, 9.17) is 9.72 Å². The molecule has 1 fully saturated rings. The Kier molecular flexibility index (Phi) is 5.84. The first-order chi connectivity index (χ1) is 14.2. The predicted octanol–water partition coefficient (Wildman–Crippen LogP) is 7.72. The van der Waals surface area contributed by atoms with Gasteiger partial charge in [0.1, 0.15) is 5.75 Å². The number of hydrogen-bond acceptors (Lipinski definition) is 3. The third-order valence-corrected chi connectivity index (χ3v) is 6.36. The quantitative estimate of drug-likeness (QED) is 0.415. The molecule has 2 unspecified atom stereocenters. The van der Waals surface area contributed by atoms with Crippen molar-refractivity contribution >= 4 is 38.6 Å². The molecule has 0 spiro atoms. The van der Waals surface area contributed by atoms with Crippen molar-refractivity contribution in [2.45, 2.75) is 66.0 Å². The summed E-state index contributed by atoms with van der Waals surface area (Å²) in [5.74, 6) is 2.50. The van der Waals surface area contributed by atoms with Gasteiger partial charge in [-0.3, -0.25) is 0 Å². The molecular formula is C25H32BrN3O. The monoisotopic (exact) mass is 469 g/mol. The maximum Gasteiger partial charge on any atom is 0.208 e. The minimum Gasteiger partial charge on any atom is -0.491 e. The molecular weight excluding hydrogens is 438 g/mol. The van der Waals surface area contributed by atoms with Gasteiger partial charge in [0.2, 0.25) is 5.95 Å². The molecule has 2 atom stereocenters. The summed E-state index contributed by atoms with van der Waals surface area (Å²) in [4.78, 5) is 4.98. The molecule has 1 heterocycles.